The molecule has 1 aliphatic rings. The van der Waals surface area contributed by atoms with E-state index in [1.54, 1.807) is 7.05 Å². The van der Waals surface area contributed by atoms with Gasteiger partial charge in [0.25, 0.3) is 0 Å². The van der Waals surface area contributed by atoms with E-state index in [1.807, 2.05) is 6.92 Å². The summed E-state index contributed by atoms with van der Waals surface area (Å²) >= 11 is 0. The molecular formula is C13H21N3O2. The van der Waals surface area contributed by atoms with Gasteiger partial charge >= 0.3 is 0 Å². The Labute approximate surface area is 108 Å². The molecule has 0 N–H and O–H groups in total. The fourth-order valence-electron chi connectivity index (χ4n) is 2.65. The summed E-state index contributed by atoms with van der Waals surface area (Å²) in [7, 11) is 1.74. The fraction of sp³-hybridized carbons (Fsp3) is 0.769. The van der Waals surface area contributed by atoms with Crippen LogP contribution in [-0.2, 0) is 11.8 Å². The Balaban J connectivity index is 2.25. The van der Waals surface area contributed by atoms with Crippen molar-refractivity contribution in [3.63, 3.8) is 0 Å². The number of aryl methyl sites for hydroxylation is 1. The van der Waals surface area contributed by atoms with Crippen LogP contribution in [0.1, 0.15) is 50.1 Å². The lowest BCUT2D eigenvalue weighted by molar-refractivity contribution is -0.0482. The van der Waals surface area contributed by atoms with Crippen molar-refractivity contribution in [3.8, 4) is 0 Å². The topological polar surface area (TPSA) is 57.0 Å². The molecule has 0 saturated heterocycles. The molecule has 18 heavy (non-hydrogen) atoms. The number of carbonyl (C=O) groups is 1. The minimum atomic E-state index is -0.679. The molecule has 100 valence electrons. The van der Waals surface area contributed by atoms with Gasteiger partial charge in [0.15, 0.2) is 5.82 Å². The number of carbonyl (C=O) groups excluding carboxylic acids is 1. The number of ketones is 1. The van der Waals surface area contributed by atoms with Crippen LogP contribution >= 0.6 is 0 Å². The van der Waals surface area contributed by atoms with Gasteiger partial charge in [0.1, 0.15) is 11.9 Å². The minimum absolute atomic E-state index is 0.0174. The SMILES string of the molecule is CCOC1(C(=O)c2ncnn2C)CCC(C)CC1. The van der Waals surface area contributed by atoms with E-state index in [0.717, 1.165) is 25.7 Å². The summed E-state index contributed by atoms with van der Waals surface area (Å²) in [5.74, 6) is 1.06. The molecule has 2 rings (SSSR count). The van der Waals surface area contributed by atoms with Crippen LogP contribution in [-0.4, -0.2) is 32.8 Å². The number of ether oxygens (including phenoxy) is 1. The Morgan fingerprint density at radius 1 is 1.56 bits per heavy atom. The van der Waals surface area contributed by atoms with Gasteiger partial charge in [0.05, 0.1) is 0 Å². The molecule has 0 aliphatic heterocycles. The van der Waals surface area contributed by atoms with Crippen LogP contribution in [0.4, 0.5) is 0 Å². The average Bonchev–Trinajstić information content (AvgIpc) is 2.78. The van der Waals surface area contributed by atoms with E-state index in [0.29, 0.717) is 18.3 Å². The van der Waals surface area contributed by atoms with Crippen molar-refractivity contribution in [2.75, 3.05) is 6.61 Å². The summed E-state index contributed by atoms with van der Waals surface area (Å²) in [6.45, 7) is 4.71. The predicted molar refractivity (Wildman–Crippen MR) is 67.3 cm³/mol. The summed E-state index contributed by atoms with van der Waals surface area (Å²) in [6.07, 6.45) is 5.05. The van der Waals surface area contributed by atoms with Crippen LogP contribution in [0.15, 0.2) is 6.33 Å². The molecule has 5 nitrogen and oxygen atoms in total. The Bertz CT molecular complexity index is 420. The second-order valence-electron chi connectivity index (χ2n) is 5.15. The van der Waals surface area contributed by atoms with Crippen molar-refractivity contribution in [1.82, 2.24) is 14.8 Å². The molecule has 5 heteroatoms. The highest BCUT2D eigenvalue weighted by Crippen LogP contribution is 2.36. The Morgan fingerprint density at radius 2 is 2.22 bits per heavy atom. The summed E-state index contributed by atoms with van der Waals surface area (Å²) in [6, 6.07) is 0. The van der Waals surface area contributed by atoms with Crippen LogP contribution < -0.4 is 0 Å². The molecule has 1 fully saturated rings. The first-order valence-electron chi connectivity index (χ1n) is 6.62. The van der Waals surface area contributed by atoms with Gasteiger partial charge in [0.2, 0.25) is 5.78 Å². The predicted octanol–water partition coefficient (Wildman–Crippen LogP) is 1.98. The molecule has 1 aromatic rings. The Hall–Kier alpha value is -1.23. The van der Waals surface area contributed by atoms with Gasteiger partial charge in [-0.25, -0.2) is 9.67 Å². The first-order valence-corrected chi connectivity index (χ1v) is 6.62. The van der Waals surface area contributed by atoms with Gasteiger partial charge in [-0.3, -0.25) is 4.79 Å². The fourth-order valence-corrected chi connectivity index (χ4v) is 2.65. The third-order valence-corrected chi connectivity index (χ3v) is 3.83. The Morgan fingerprint density at radius 3 is 2.72 bits per heavy atom. The maximum atomic E-state index is 12.7. The van der Waals surface area contributed by atoms with Crippen molar-refractivity contribution in [3.05, 3.63) is 12.2 Å². The number of nitrogens with zero attached hydrogens (tertiary/aromatic N) is 3. The summed E-state index contributed by atoms with van der Waals surface area (Å²) in [4.78, 5) is 16.7. The molecule has 0 amide bonds. The van der Waals surface area contributed by atoms with E-state index in [4.69, 9.17) is 4.74 Å². The zero-order chi connectivity index (χ0) is 13.2. The molecule has 0 radical (unpaired) electrons. The van der Waals surface area contributed by atoms with E-state index >= 15 is 0 Å². The second-order valence-corrected chi connectivity index (χ2v) is 5.15. The molecule has 0 bridgehead atoms. The van der Waals surface area contributed by atoms with Crippen LogP contribution in [0.25, 0.3) is 0 Å². The first kappa shape index (κ1) is 13.2. The molecule has 0 spiro atoms. The van der Waals surface area contributed by atoms with Crippen molar-refractivity contribution >= 4 is 5.78 Å². The van der Waals surface area contributed by atoms with E-state index in [9.17, 15) is 4.79 Å². The third kappa shape index (κ3) is 2.32. The van der Waals surface area contributed by atoms with Gasteiger partial charge in [-0.05, 0) is 38.5 Å². The lowest BCUT2D eigenvalue weighted by Crippen LogP contribution is -2.45. The maximum absolute atomic E-state index is 12.7. The largest absolute Gasteiger partial charge is 0.367 e. The van der Waals surface area contributed by atoms with Gasteiger partial charge in [-0.2, -0.15) is 5.10 Å². The van der Waals surface area contributed by atoms with Gasteiger partial charge in [-0.1, -0.05) is 6.92 Å². The quantitative estimate of drug-likeness (QED) is 0.768. The normalized spacial score (nSPS) is 28.3. The van der Waals surface area contributed by atoms with Gasteiger partial charge in [-0.15, -0.1) is 0 Å². The zero-order valence-corrected chi connectivity index (χ0v) is 11.3. The molecule has 1 saturated carbocycles. The highest BCUT2D eigenvalue weighted by Gasteiger charge is 2.43. The maximum Gasteiger partial charge on any atom is 0.231 e. The highest BCUT2D eigenvalue weighted by molar-refractivity contribution is 5.99. The van der Waals surface area contributed by atoms with E-state index in [1.165, 1.54) is 11.0 Å². The lowest BCUT2D eigenvalue weighted by Gasteiger charge is -2.37. The molecule has 0 unspecified atom stereocenters. The number of hydrogen-bond donors (Lipinski definition) is 0. The van der Waals surface area contributed by atoms with Gasteiger partial charge in [0, 0.05) is 13.7 Å². The number of aromatic nitrogens is 3. The first-order chi connectivity index (χ1) is 8.59. The van der Waals surface area contributed by atoms with Crippen molar-refractivity contribution in [1.29, 1.82) is 0 Å². The van der Waals surface area contributed by atoms with Crippen LogP contribution in [0, 0.1) is 5.92 Å². The van der Waals surface area contributed by atoms with Crippen molar-refractivity contribution < 1.29 is 9.53 Å². The molecule has 1 aromatic heterocycles. The molecule has 1 aliphatic carbocycles. The average molecular weight is 251 g/mol. The smallest absolute Gasteiger partial charge is 0.231 e. The molecule has 0 aromatic carbocycles. The minimum Gasteiger partial charge on any atom is -0.367 e. The van der Waals surface area contributed by atoms with E-state index in [-0.39, 0.29) is 5.78 Å². The Kier molecular flexibility index (Phi) is 3.80. The van der Waals surface area contributed by atoms with Crippen molar-refractivity contribution in [2.45, 2.75) is 45.1 Å². The van der Waals surface area contributed by atoms with E-state index < -0.39 is 5.60 Å². The standard InChI is InChI=1S/C13H21N3O2/c1-4-18-13(7-5-10(2)6-8-13)11(17)12-14-9-15-16(12)3/h9-10H,4-8H2,1-3H3. The molecular weight excluding hydrogens is 230 g/mol. The lowest BCUT2D eigenvalue weighted by atomic mass is 9.77. The zero-order valence-electron chi connectivity index (χ0n) is 11.3. The molecule has 0 atom stereocenters. The summed E-state index contributed by atoms with van der Waals surface area (Å²) in [5, 5.41) is 3.97. The van der Waals surface area contributed by atoms with Gasteiger partial charge < -0.3 is 4.74 Å². The third-order valence-electron chi connectivity index (χ3n) is 3.83. The van der Waals surface area contributed by atoms with E-state index in [2.05, 4.69) is 17.0 Å². The monoisotopic (exact) mass is 251 g/mol. The number of Topliss-reactive ketones (excluding diaryl/α,β-unsaturated/α-hetero) is 1. The number of rotatable bonds is 4. The highest BCUT2D eigenvalue weighted by atomic mass is 16.5. The van der Waals surface area contributed by atoms with Crippen molar-refractivity contribution in [2.24, 2.45) is 13.0 Å². The summed E-state index contributed by atoms with van der Waals surface area (Å²) in [5.41, 5.74) is -0.679. The second kappa shape index (κ2) is 5.18. The van der Waals surface area contributed by atoms with Crippen LogP contribution in [0.5, 0.6) is 0 Å². The summed E-state index contributed by atoms with van der Waals surface area (Å²) < 4.78 is 7.36. The van der Waals surface area contributed by atoms with Crippen LogP contribution in [0.2, 0.25) is 0 Å². The molecule has 1 heterocycles. The number of hydrogen-bond acceptors (Lipinski definition) is 4. The van der Waals surface area contributed by atoms with Crippen LogP contribution in [0.3, 0.4) is 0 Å².